The zero-order chi connectivity index (χ0) is 19.1. The van der Waals surface area contributed by atoms with Crippen molar-refractivity contribution in [2.75, 3.05) is 5.32 Å². The second-order valence-corrected chi connectivity index (χ2v) is 5.02. The lowest BCUT2D eigenvalue weighted by Gasteiger charge is -2.11. The summed E-state index contributed by atoms with van der Waals surface area (Å²) in [4.78, 5) is 16.9. The SMILES string of the molecule is CC(O/N=C/c1ccccc1OC(F)F)C(=O)Nc1ccc(F)c(F)c1. The molecular formula is C17H14F4N2O3. The largest absolute Gasteiger partial charge is 0.434 e. The molecule has 0 heterocycles. The van der Waals surface area contributed by atoms with Gasteiger partial charge in [0.05, 0.1) is 6.21 Å². The minimum Gasteiger partial charge on any atom is -0.434 e. The number of para-hydroxylation sites is 1. The van der Waals surface area contributed by atoms with Crippen LogP contribution in [-0.2, 0) is 9.63 Å². The molecule has 1 atom stereocenters. The van der Waals surface area contributed by atoms with Gasteiger partial charge in [0.1, 0.15) is 5.75 Å². The zero-order valence-corrected chi connectivity index (χ0v) is 13.5. The smallest absolute Gasteiger partial charge is 0.387 e. The minimum atomic E-state index is -2.99. The van der Waals surface area contributed by atoms with Gasteiger partial charge in [0.25, 0.3) is 5.91 Å². The number of hydrogen-bond donors (Lipinski definition) is 1. The van der Waals surface area contributed by atoms with Crippen molar-refractivity contribution in [1.29, 1.82) is 0 Å². The molecule has 2 aromatic carbocycles. The number of carbonyl (C=O) groups excluding carboxylic acids is 1. The summed E-state index contributed by atoms with van der Waals surface area (Å²) >= 11 is 0. The Morgan fingerprint density at radius 2 is 1.88 bits per heavy atom. The maximum Gasteiger partial charge on any atom is 0.387 e. The van der Waals surface area contributed by atoms with E-state index >= 15 is 0 Å². The number of nitrogens with one attached hydrogen (secondary N) is 1. The summed E-state index contributed by atoms with van der Waals surface area (Å²) in [7, 11) is 0. The third-order valence-electron chi connectivity index (χ3n) is 3.10. The summed E-state index contributed by atoms with van der Waals surface area (Å²) in [5.74, 6) is -2.91. The van der Waals surface area contributed by atoms with Crippen LogP contribution in [0.1, 0.15) is 12.5 Å². The number of anilines is 1. The van der Waals surface area contributed by atoms with Crippen LogP contribution in [0.4, 0.5) is 23.2 Å². The summed E-state index contributed by atoms with van der Waals surface area (Å²) in [6.07, 6.45) is 0.0292. The topological polar surface area (TPSA) is 59.9 Å². The lowest BCUT2D eigenvalue weighted by molar-refractivity contribution is -0.126. The van der Waals surface area contributed by atoms with Crippen LogP contribution in [-0.4, -0.2) is 24.8 Å². The first-order chi connectivity index (χ1) is 12.4. The molecule has 0 aliphatic rings. The summed E-state index contributed by atoms with van der Waals surface area (Å²) in [6, 6.07) is 8.76. The first kappa shape index (κ1) is 19.2. The van der Waals surface area contributed by atoms with Gasteiger partial charge in [-0.2, -0.15) is 8.78 Å². The second kappa shape index (κ2) is 8.84. The van der Waals surface area contributed by atoms with E-state index in [0.717, 1.165) is 18.3 Å². The quantitative estimate of drug-likeness (QED) is 0.456. The lowest BCUT2D eigenvalue weighted by atomic mass is 10.2. The summed E-state index contributed by atoms with van der Waals surface area (Å²) < 4.78 is 54.9. The third kappa shape index (κ3) is 5.47. The third-order valence-corrected chi connectivity index (χ3v) is 3.10. The highest BCUT2D eigenvalue weighted by molar-refractivity contribution is 5.94. The van der Waals surface area contributed by atoms with Crippen molar-refractivity contribution >= 4 is 17.8 Å². The number of rotatable bonds is 7. The van der Waals surface area contributed by atoms with Gasteiger partial charge in [0.15, 0.2) is 11.6 Å². The Morgan fingerprint density at radius 3 is 2.58 bits per heavy atom. The predicted octanol–water partition coefficient (Wildman–Crippen LogP) is 3.94. The Balaban J connectivity index is 1.95. The number of alkyl halides is 2. The molecule has 0 radical (unpaired) electrons. The van der Waals surface area contributed by atoms with E-state index in [1.54, 1.807) is 6.07 Å². The average molecular weight is 370 g/mol. The number of benzene rings is 2. The van der Waals surface area contributed by atoms with E-state index in [1.807, 2.05) is 0 Å². The Hall–Kier alpha value is -3.10. The summed E-state index contributed by atoms with van der Waals surface area (Å²) in [6.45, 7) is -1.63. The molecule has 0 saturated carbocycles. The number of carbonyl (C=O) groups is 1. The van der Waals surface area contributed by atoms with E-state index < -0.39 is 30.3 Å². The van der Waals surface area contributed by atoms with E-state index in [-0.39, 0.29) is 17.0 Å². The molecule has 0 fully saturated rings. The lowest BCUT2D eigenvalue weighted by Crippen LogP contribution is -2.26. The molecule has 1 N–H and O–H groups in total. The van der Waals surface area contributed by atoms with Crippen LogP contribution in [0.15, 0.2) is 47.6 Å². The van der Waals surface area contributed by atoms with Gasteiger partial charge in [-0.15, -0.1) is 0 Å². The van der Waals surface area contributed by atoms with Crippen LogP contribution < -0.4 is 10.1 Å². The fraction of sp³-hybridized carbons (Fsp3) is 0.176. The van der Waals surface area contributed by atoms with Crippen molar-refractivity contribution in [2.45, 2.75) is 19.6 Å². The van der Waals surface area contributed by atoms with Crippen LogP contribution in [0.25, 0.3) is 0 Å². The Labute approximate surface area is 146 Å². The van der Waals surface area contributed by atoms with E-state index in [9.17, 15) is 22.4 Å². The van der Waals surface area contributed by atoms with Gasteiger partial charge in [-0.25, -0.2) is 8.78 Å². The van der Waals surface area contributed by atoms with E-state index in [0.29, 0.717) is 0 Å². The second-order valence-electron chi connectivity index (χ2n) is 5.02. The molecule has 0 saturated heterocycles. The molecule has 26 heavy (non-hydrogen) atoms. The van der Waals surface area contributed by atoms with Crippen molar-refractivity contribution < 1.29 is 31.9 Å². The molecule has 0 aliphatic carbocycles. The monoisotopic (exact) mass is 370 g/mol. The minimum absolute atomic E-state index is 0.0454. The number of halogens is 4. The zero-order valence-electron chi connectivity index (χ0n) is 13.5. The van der Waals surface area contributed by atoms with Crippen molar-refractivity contribution in [1.82, 2.24) is 0 Å². The number of hydrogen-bond acceptors (Lipinski definition) is 4. The standard InChI is InChI=1S/C17H14F4N2O3/c1-10(16(24)23-12-6-7-13(18)14(19)8-12)26-22-9-11-4-2-3-5-15(11)25-17(20)21/h2-10,17H,1H3,(H,23,24)/b22-9+. The Kier molecular flexibility index (Phi) is 6.54. The van der Waals surface area contributed by atoms with E-state index in [1.165, 1.54) is 31.2 Å². The molecule has 0 bridgehead atoms. The maximum absolute atomic E-state index is 13.1. The highest BCUT2D eigenvalue weighted by Gasteiger charge is 2.15. The molecule has 1 unspecified atom stereocenters. The molecule has 0 aliphatic heterocycles. The molecule has 2 aromatic rings. The van der Waals surface area contributed by atoms with E-state index in [4.69, 9.17) is 4.84 Å². The van der Waals surface area contributed by atoms with Crippen molar-refractivity contribution in [3.63, 3.8) is 0 Å². The summed E-state index contributed by atoms with van der Waals surface area (Å²) in [5, 5.41) is 5.89. The van der Waals surface area contributed by atoms with Gasteiger partial charge in [-0.05, 0) is 31.2 Å². The van der Waals surface area contributed by atoms with Crippen LogP contribution in [0, 0.1) is 11.6 Å². The molecule has 9 heteroatoms. The highest BCUT2D eigenvalue weighted by Crippen LogP contribution is 2.18. The Bertz CT molecular complexity index is 799. The molecular weight excluding hydrogens is 356 g/mol. The molecule has 5 nitrogen and oxygen atoms in total. The fourth-order valence-electron chi connectivity index (χ4n) is 1.83. The first-order valence-electron chi connectivity index (χ1n) is 7.35. The number of ether oxygens (including phenoxy) is 1. The van der Waals surface area contributed by atoms with Crippen LogP contribution in [0.5, 0.6) is 5.75 Å². The fourth-order valence-corrected chi connectivity index (χ4v) is 1.83. The molecule has 0 spiro atoms. The van der Waals surface area contributed by atoms with Crippen LogP contribution in [0.3, 0.4) is 0 Å². The van der Waals surface area contributed by atoms with Gasteiger partial charge >= 0.3 is 6.61 Å². The van der Waals surface area contributed by atoms with Gasteiger partial charge in [0.2, 0.25) is 6.10 Å². The van der Waals surface area contributed by atoms with Gasteiger partial charge < -0.3 is 14.9 Å². The maximum atomic E-state index is 13.1. The Morgan fingerprint density at radius 1 is 1.15 bits per heavy atom. The van der Waals surface area contributed by atoms with Gasteiger partial charge in [-0.3, -0.25) is 4.79 Å². The average Bonchev–Trinajstić information content (AvgIpc) is 2.59. The first-order valence-corrected chi connectivity index (χ1v) is 7.35. The predicted molar refractivity (Wildman–Crippen MR) is 86.2 cm³/mol. The summed E-state index contributed by atoms with van der Waals surface area (Å²) in [5.41, 5.74) is 0.269. The molecule has 1 amide bonds. The van der Waals surface area contributed by atoms with Gasteiger partial charge in [-0.1, -0.05) is 17.3 Å². The van der Waals surface area contributed by atoms with E-state index in [2.05, 4.69) is 15.2 Å². The van der Waals surface area contributed by atoms with Crippen LogP contribution in [0.2, 0.25) is 0 Å². The van der Waals surface area contributed by atoms with Crippen LogP contribution >= 0.6 is 0 Å². The highest BCUT2D eigenvalue weighted by atomic mass is 19.3. The van der Waals surface area contributed by atoms with Crippen molar-refractivity contribution in [3.05, 3.63) is 59.7 Å². The molecule has 2 rings (SSSR count). The molecule has 0 aromatic heterocycles. The van der Waals surface area contributed by atoms with Crippen molar-refractivity contribution in [3.8, 4) is 5.75 Å². The normalized spacial score (nSPS) is 12.2. The number of amides is 1. The van der Waals surface area contributed by atoms with Crippen molar-refractivity contribution in [2.24, 2.45) is 5.16 Å². The number of oxime groups is 1. The number of nitrogens with zero attached hydrogens (tertiary/aromatic N) is 1. The van der Waals surface area contributed by atoms with Gasteiger partial charge in [0, 0.05) is 17.3 Å². The molecule has 138 valence electrons.